The zero-order valence-corrected chi connectivity index (χ0v) is 13.7. The minimum absolute atomic E-state index is 0.268. The van der Waals surface area contributed by atoms with Crippen molar-refractivity contribution in [1.82, 2.24) is 5.32 Å². The maximum absolute atomic E-state index is 14.4. The predicted octanol–water partition coefficient (Wildman–Crippen LogP) is 4.42. The van der Waals surface area contributed by atoms with E-state index in [1.807, 2.05) is 18.2 Å². The van der Waals surface area contributed by atoms with Gasteiger partial charge in [0.25, 0.3) is 0 Å². The molecule has 1 N–H and O–H groups in total. The van der Waals surface area contributed by atoms with Crippen LogP contribution in [0.4, 0.5) is 4.39 Å². The molecule has 0 aliphatic heterocycles. The third-order valence-corrected chi connectivity index (χ3v) is 3.76. The lowest BCUT2D eigenvalue weighted by Crippen LogP contribution is -2.23. The largest absolute Gasteiger partial charge is 0.462 e. The fraction of sp³-hybridized carbons (Fsp3) is 0.375. The van der Waals surface area contributed by atoms with Gasteiger partial charge in [-0.1, -0.05) is 19.1 Å². The van der Waals surface area contributed by atoms with Crippen molar-refractivity contribution in [2.75, 3.05) is 13.7 Å². The van der Waals surface area contributed by atoms with Crippen molar-refractivity contribution < 1.29 is 13.5 Å². The van der Waals surface area contributed by atoms with Crippen LogP contribution < -0.4 is 5.32 Å². The molecule has 1 atom stereocenters. The molecule has 0 radical (unpaired) electrons. The Labute approximate surface area is 132 Å². The fourth-order valence-electron chi connectivity index (χ4n) is 2.17. The van der Waals surface area contributed by atoms with Crippen molar-refractivity contribution in [1.29, 1.82) is 0 Å². The fourth-order valence-corrected chi connectivity index (χ4v) is 2.55. The maximum atomic E-state index is 14.4. The number of benzene rings is 1. The highest BCUT2D eigenvalue weighted by Crippen LogP contribution is 2.29. The Bertz CT molecular complexity index is 585. The second-order valence-electron chi connectivity index (χ2n) is 4.77. The second-order valence-corrected chi connectivity index (χ2v) is 5.62. The first-order valence-corrected chi connectivity index (χ1v) is 7.71. The lowest BCUT2D eigenvalue weighted by atomic mass is 10.0. The molecule has 0 spiro atoms. The maximum Gasteiger partial charge on any atom is 0.142 e. The van der Waals surface area contributed by atoms with Gasteiger partial charge in [-0.2, -0.15) is 0 Å². The summed E-state index contributed by atoms with van der Waals surface area (Å²) in [5.41, 5.74) is 0.566. The molecule has 0 amide bonds. The van der Waals surface area contributed by atoms with Crippen LogP contribution in [0, 0.1) is 5.82 Å². The molecule has 1 aromatic heterocycles. The zero-order valence-electron chi connectivity index (χ0n) is 12.2. The van der Waals surface area contributed by atoms with Crippen molar-refractivity contribution in [2.45, 2.75) is 26.0 Å². The van der Waals surface area contributed by atoms with Crippen LogP contribution >= 0.6 is 15.9 Å². The van der Waals surface area contributed by atoms with Crippen LogP contribution in [0.1, 0.15) is 36.5 Å². The Morgan fingerprint density at radius 1 is 1.33 bits per heavy atom. The lowest BCUT2D eigenvalue weighted by Gasteiger charge is -2.18. The van der Waals surface area contributed by atoms with Crippen molar-refractivity contribution in [3.63, 3.8) is 0 Å². The third-order valence-electron chi connectivity index (χ3n) is 3.14. The van der Waals surface area contributed by atoms with E-state index in [4.69, 9.17) is 9.15 Å². The molecule has 2 rings (SSSR count). The molecule has 114 valence electrons. The lowest BCUT2D eigenvalue weighted by molar-refractivity contribution is 0.162. The molecule has 21 heavy (non-hydrogen) atoms. The Morgan fingerprint density at radius 2 is 2.14 bits per heavy atom. The SMILES string of the molecule is CCCNC(c1ccc(COC)o1)c1cccc(Br)c1F. The first kappa shape index (κ1) is 16.2. The van der Waals surface area contributed by atoms with Crippen LogP contribution in [-0.2, 0) is 11.3 Å². The van der Waals surface area contributed by atoms with Crippen LogP contribution in [0.3, 0.4) is 0 Å². The molecule has 0 fully saturated rings. The molecule has 0 aliphatic rings. The van der Waals surface area contributed by atoms with E-state index < -0.39 is 0 Å². The van der Waals surface area contributed by atoms with Crippen molar-refractivity contribution in [2.24, 2.45) is 0 Å². The number of rotatable bonds is 7. The van der Waals surface area contributed by atoms with Gasteiger partial charge in [0.05, 0.1) is 10.5 Å². The summed E-state index contributed by atoms with van der Waals surface area (Å²) < 4.78 is 25.6. The van der Waals surface area contributed by atoms with Gasteiger partial charge in [0.2, 0.25) is 0 Å². The van der Waals surface area contributed by atoms with Crippen LogP contribution in [0.25, 0.3) is 0 Å². The molecular formula is C16H19BrFNO2. The highest BCUT2D eigenvalue weighted by Gasteiger charge is 2.21. The number of methoxy groups -OCH3 is 1. The van der Waals surface area contributed by atoms with Crippen molar-refractivity contribution in [3.8, 4) is 0 Å². The van der Waals surface area contributed by atoms with E-state index in [2.05, 4.69) is 28.2 Å². The summed E-state index contributed by atoms with van der Waals surface area (Å²) in [6, 6.07) is 8.69. The molecule has 0 saturated carbocycles. The van der Waals surface area contributed by atoms with Gasteiger partial charge in [0.1, 0.15) is 23.9 Å². The Hall–Kier alpha value is -1.17. The summed E-state index contributed by atoms with van der Waals surface area (Å²) >= 11 is 3.23. The molecule has 3 nitrogen and oxygen atoms in total. The zero-order chi connectivity index (χ0) is 15.2. The molecule has 1 aromatic carbocycles. The highest BCUT2D eigenvalue weighted by atomic mass is 79.9. The summed E-state index contributed by atoms with van der Waals surface area (Å²) in [4.78, 5) is 0. The topological polar surface area (TPSA) is 34.4 Å². The van der Waals surface area contributed by atoms with Gasteiger partial charge in [-0.15, -0.1) is 0 Å². The van der Waals surface area contributed by atoms with E-state index in [0.29, 0.717) is 22.4 Å². The minimum atomic E-state index is -0.312. The number of nitrogens with one attached hydrogen (secondary N) is 1. The molecule has 0 aliphatic carbocycles. The summed E-state index contributed by atoms with van der Waals surface area (Å²) in [5.74, 6) is 1.15. The van der Waals surface area contributed by atoms with E-state index in [1.165, 1.54) is 0 Å². The Morgan fingerprint density at radius 3 is 2.86 bits per heavy atom. The summed E-state index contributed by atoms with van der Waals surface area (Å²) in [7, 11) is 1.61. The van der Waals surface area contributed by atoms with Crippen molar-refractivity contribution >= 4 is 15.9 Å². The number of furan rings is 1. The smallest absolute Gasteiger partial charge is 0.142 e. The Kier molecular flexibility index (Phi) is 5.96. The van der Waals surface area contributed by atoms with E-state index in [-0.39, 0.29) is 11.9 Å². The summed E-state index contributed by atoms with van der Waals surface area (Å²) in [6.45, 7) is 3.25. The highest BCUT2D eigenvalue weighted by molar-refractivity contribution is 9.10. The van der Waals surface area contributed by atoms with Gasteiger partial charge >= 0.3 is 0 Å². The van der Waals surface area contributed by atoms with Gasteiger partial charge in [-0.3, -0.25) is 0 Å². The van der Waals surface area contributed by atoms with E-state index in [9.17, 15) is 4.39 Å². The van der Waals surface area contributed by atoms with Crippen LogP contribution in [0.2, 0.25) is 0 Å². The Balaban J connectivity index is 2.34. The van der Waals surface area contributed by atoms with E-state index >= 15 is 0 Å². The monoisotopic (exact) mass is 355 g/mol. The van der Waals surface area contributed by atoms with Gasteiger partial charge in [-0.25, -0.2) is 4.39 Å². The normalized spacial score (nSPS) is 12.6. The molecule has 0 saturated heterocycles. The standard InChI is InChI=1S/C16H19BrFNO2/c1-3-9-19-16(12-5-4-6-13(17)15(12)18)14-8-7-11(21-14)10-20-2/h4-8,16,19H,3,9-10H2,1-2H3. The minimum Gasteiger partial charge on any atom is -0.462 e. The van der Waals surface area contributed by atoms with Crippen molar-refractivity contribution in [3.05, 3.63) is 57.7 Å². The molecule has 0 bridgehead atoms. The summed E-state index contributed by atoms with van der Waals surface area (Å²) in [5, 5.41) is 3.33. The molecule has 1 unspecified atom stereocenters. The number of halogens is 2. The van der Waals surface area contributed by atoms with Gasteiger partial charge < -0.3 is 14.5 Å². The van der Waals surface area contributed by atoms with Gasteiger partial charge in [0, 0.05) is 12.7 Å². The van der Waals surface area contributed by atoms with E-state index in [1.54, 1.807) is 19.2 Å². The molecule has 2 aromatic rings. The summed E-state index contributed by atoms with van der Waals surface area (Å²) in [6.07, 6.45) is 0.956. The van der Waals surface area contributed by atoms with E-state index in [0.717, 1.165) is 18.7 Å². The molecule has 5 heteroatoms. The average Bonchev–Trinajstić information content (AvgIpc) is 2.92. The average molecular weight is 356 g/mol. The van der Waals surface area contributed by atoms with Gasteiger partial charge in [0.15, 0.2) is 0 Å². The quantitative estimate of drug-likeness (QED) is 0.798. The van der Waals surface area contributed by atoms with Crippen LogP contribution in [-0.4, -0.2) is 13.7 Å². The predicted molar refractivity (Wildman–Crippen MR) is 83.7 cm³/mol. The van der Waals surface area contributed by atoms with Crippen LogP contribution in [0.15, 0.2) is 39.2 Å². The van der Waals surface area contributed by atoms with Crippen LogP contribution in [0.5, 0.6) is 0 Å². The number of ether oxygens (including phenoxy) is 1. The first-order valence-electron chi connectivity index (χ1n) is 6.92. The molecule has 1 heterocycles. The van der Waals surface area contributed by atoms with Gasteiger partial charge in [-0.05, 0) is 47.1 Å². The third kappa shape index (κ3) is 3.93. The second kappa shape index (κ2) is 7.73. The first-order chi connectivity index (χ1) is 10.2. The molecular weight excluding hydrogens is 337 g/mol. The number of hydrogen-bond acceptors (Lipinski definition) is 3. The number of hydrogen-bond donors (Lipinski definition) is 1.